The Morgan fingerprint density at radius 1 is 1.37 bits per heavy atom. The predicted molar refractivity (Wildman–Crippen MR) is 71.0 cm³/mol. The Balaban J connectivity index is 2.12. The van der Waals surface area contributed by atoms with Crippen LogP contribution in [0, 0.1) is 0 Å². The Morgan fingerprint density at radius 2 is 2.16 bits per heavy atom. The molecule has 3 aromatic heterocycles. The van der Waals surface area contributed by atoms with Crippen LogP contribution < -0.4 is 0 Å². The van der Waals surface area contributed by atoms with Gasteiger partial charge in [0, 0.05) is 11.6 Å². The number of aromatic amines is 1. The van der Waals surface area contributed by atoms with Crippen molar-refractivity contribution >= 4 is 28.2 Å². The van der Waals surface area contributed by atoms with Gasteiger partial charge in [0.25, 0.3) is 0 Å². The van der Waals surface area contributed by atoms with E-state index in [1.165, 1.54) is 4.57 Å². The van der Waals surface area contributed by atoms with E-state index in [9.17, 15) is 4.79 Å². The first-order chi connectivity index (χ1) is 8.96. The van der Waals surface area contributed by atoms with E-state index in [2.05, 4.69) is 15.0 Å². The summed E-state index contributed by atoms with van der Waals surface area (Å²) >= 11 is 0. The molecule has 98 valence electrons. The van der Waals surface area contributed by atoms with Crippen LogP contribution in [-0.2, 0) is 4.74 Å². The fourth-order valence-corrected chi connectivity index (χ4v) is 1.95. The van der Waals surface area contributed by atoms with E-state index in [-0.39, 0.29) is 0 Å². The van der Waals surface area contributed by atoms with Crippen LogP contribution in [0.15, 0.2) is 24.8 Å². The van der Waals surface area contributed by atoms with Crippen molar-refractivity contribution < 1.29 is 9.53 Å². The van der Waals surface area contributed by atoms with Crippen molar-refractivity contribution in [1.29, 1.82) is 0 Å². The van der Waals surface area contributed by atoms with Gasteiger partial charge in [-0.05, 0) is 26.8 Å². The SMILES string of the molecule is CC(C)(C)OC(=O)n1ccc2c3[nH]cnc3cnc21. The summed E-state index contributed by atoms with van der Waals surface area (Å²) in [5, 5.41) is 0.848. The Morgan fingerprint density at radius 3 is 2.89 bits per heavy atom. The zero-order valence-corrected chi connectivity index (χ0v) is 11.0. The molecule has 0 atom stereocenters. The van der Waals surface area contributed by atoms with Crippen LogP contribution >= 0.6 is 0 Å². The number of fused-ring (bicyclic) bond motifs is 3. The molecule has 0 spiro atoms. The number of aromatic nitrogens is 4. The Hall–Kier alpha value is -2.37. The summed E-state index contributed by atoms with van der Waals surface area (Å²) in [6.45, 7) is 5.49. The van der Waals surface area contributed by atoms with Crippen molar-refractivity contribution in [3.8, 4) is 0 Å². The highest BCUT2D eigenvalue weighted by Crippen LogP contribution is 2.22. The van der Waals surface area contributed by atoms with E-state index in [0.29, 0.717) is 5.65 Å². The lowest BCUT2D eigenvalue weighted by atomic mass is 10.2. The molecular formula is C13H14N4O2. The van der Waals surface area contributed by atoms with Gasteiger partial charge in [0.05, 0.1) is 18.0 Å². The summed E-state index contributed by atoms with van der Waals surface area (Å²) in [7, 11) is 0. The largest absolute Gasteiger partial charge is 0.443 e. The van der Waals surface area contributed by atoms with Crippen LogP contribution in [0.1, 0.15) is 20.8 Å². The average Bonchev–Trinajstić information content (AvgIpc) is 2.92. The molecule has 0 aliphatic rings. The zero-order chi connectivity index (χ0) is 13.6. The number of carbonyl (C=O) groups excluding carboxylic acids is 1. The van der Waals surface area contributed by atoms with E-state index >= 15 is 0 Å². The molecule has 0 unspecified atom stereocenters. The van der Waals surface area contributed by atoms with Gasteiger partial charge < -0.3 is 9.72 Å². The van der Waals surface area contributed by atoms with Gasteiger partial charge in [0.2, 0.25) is 0 Å². The lowest BCUT2D eigenvalue weighted by molar-refractivity contribution is 0.0543. The molecule has 0 aliphatic carbocycles. The summed E-state index contributed by atoms with van der Waals surface area (Å²) < 4.78 is 6.75. The van der Waals surface area contributed by atoms with Crippen LogP contribution in [0.5, 0.6) is 0 Å². The lowest BCUT2D eigenvalue weighted by Crippen LogP contribution is -2.26. The number of nitrogens with zero attached hydrogens (tertiary/aromatic N) is 3. The number of pyridine rings is 1. The number of hydrogen-bond acceptors (Lipinski definition) is 4. The fourth-order valence-electron chi connectivity index (χ4n) is 1.95. The molecule has 6 nitrogen and oxygen atoms in total. The molecule has 6 heteroatoms. The maximum atomic E-state index is 12.1. The van der Waals surface area contributed by atoms with Gasteiger partial charge in [-0.25, -0.2) is 19.3 Å². The van der Waals surface area contributed by atoms with Gasteiger partial charge >= 0.3 is 6.09 Å². The van der Waals surface area contributed by atoms with Crippen LogP contribution in [0.3, 0.4) is 0 Å². The van der Waals surface area contributed by atoms with Crippen molar-refractivity contribution in [3.05, 3.63) is 24.8 Å². The first-order valence-electron chi connectivity index (χ1n) is 5.98. The third-order valence-electron chi connectivity index (χ3n) is 2.70. The van der Waals surface area contributed by atoms with Crippen molar-refractivity contribution in [2.75, 3.05) is 0 Å². The molecule has 1 N–H and O–H groups in total. The summed E-state index contributed by atoms with van der Waals surface area (Å²) in [6, 6.07) is 1.83. The van der Waals surface area contributed by atoms with E-state index in [1.807, 2.05) is 26.8 Å². The van der Waals surface area contributed by atoms with Gasteiger partial charge in [0.15, 0.2) is 5.65 Å². The Kier molecular flexibility index (Phi) is 2.35. The molecule has 0 saturated heterocycles. The molecule has 0 bridgehead atoms. The van der Waals surface area contributed by atoms with Gasteiger partial charge in [-0.15, -0.1) is 0 Å². The van der Waals surface area contributed by atoms with Crippen LogP contribution in [-0.4, -0.2) is 31.2 Å². The predicted octanol–water partition coefficient (Wildman–Crippen LogP) is 2.70. The number of imidazole rings is 1. The molecule has 0 radical (unpaired) electrons. The minimum Gasteiger partial charge on any atom is -0.443 e. The summed E-state index contributed by atoms with van der Waals surface area (Å²) in [4.78, 5) is 23.5. The van der Waals surface area contributed by atoms with Gasteiger partial charge in [0.1, 0.15) is 11.1 Å². The quantitative estimate of drug-likeness (QED) is 0.672. The number of carbonyl (C=O) groups is 1. The van der Waals surface area contributed by atoms with E-state index in [0.717, 1.165) is 16.4 Å². The van der Waals surface area contributed by atoms with Crippen LogP contribution in [0.25, 0.3) is 22.1 Å². The number of nitrogens with one attached hydrogen (secondary N) is 1. The number of H-pyrrole nitrogens is 1. The van der Waals surface area contributed by atoms with Crippen molar-refractivity contribution in [1.82, 2.24) is 19.5 Å². The molecule has 3 rings (SSSR count). The third kappa shape index (κ3) is 1.95. The lowest BCUT2D eigenvalue weighted by Gasteiger charge is -2.19. The second-order valence-corrected chi connectivity index (χ2v) is 5.32. The molecule has 3 aromatic rings. The maximum absolute atomic E-state index is 12.1. The molecule has 0 saturated carbocycles. The van der Waals surface area contributed by atoms with Gasteiger partial charge in [-0.1, -0.05) is 0 Å². The minimum atomic E-state index is -0.536. The van der Waals surface area contributed by atoms with Crippen molar-refractivity contribution in [2.45, 2.75) is 26.4 Å². The first kappa shape index (κ1) is 11.7. The molecule has 0 amide bonds. The Labute approximate surface area is 109 Å². The van der Waals surface area contributed by atoms with Crippen LogP contribution in [0.2, 0.25) is 0 Å². The van der Waals surface area contributed by atoms with Crippen molar-refractivity contribution in [2.24, 2.45) is 0 Å². The highest BCUT2D eigenvalue weighted by atomic mass is 16.6. The fraction of sp³-hybridized carbons (Fsp3) is 0.308. The monoisotopic (exact) mass is 258 g/mol. The van der Waals surface area contributed by atoms with Crippen molar-refractivity contribution in [3.63, 3.8) is 0 Å². The standard InChI is InChI=1S/C13H14N4O2/c1-13(2,3)19-12(18)17-5-4-8-10-9(15-7-16-10)6-14-11(8)17/h4-7H,1-3H3,(H,15,16). The third-order valence-corrected chi connectivity index (χ3v) is 2.70. The average molecular weight is 258 g/mol. The maximum Gasteiger partial charge on any atom is 0.420 e. The molecule has 0 fully saturated rings. The topological polar surface area (TPSA) is 72.8 Å². The zero-order valence-electron chi connectivity index (χ0n) is 11.0. The second kappa shape index (κ2) is 3.81. The number of ether oxygens (including phenoxy) is 1. The van der Waals surface area contributed by atoms with Gasteiger partial charge in [-0.2, -0.15) is 0 Å². The van der Waals surface area contributed by atoms with E-state index in [4.69, 9.17) is 4.74 Å². The summed E-state index contributed by atoms with van der Waals surface area (Å²) in [5.74, 6) is 0. The van der Waals surface area contributed by atoms with E-state index < -0.39 is 11.7 Å². The first-order valence-corrected chi connectivity index (χ1v) is 5.98. The Bertz CT molecular complexity index is 764. The smallest absolute Gasteiger partial charge is 0.420 e. The number of rotatable bonds is 0. The van der Waals surface area contributed by atoms with Gasteiger partial charge in [-0.3, -0.25) is 0 Å². The molecular weight excluding hydrogens is 244 g/mol. The molecule has 0 aliphatic heterocycles. The normalized spacial score (nSPS) is 12.2. The van der Waals surface area contributed by atoms with E-state index in [1.54, 1.807) is 18.7 Å². The highest BCUT2D eigenvalue weighted by Gasteiger charge is 2.20. The molecule has 3 heterocycles. The molecule has 19 heavy (non-hydrogen) atoms. The second-order valence-electron chi connectivity index (χ2n) is 5.32. The number of hydrogen-bond donors (Lipinski definition) is 1. The molecule has 0 aromatic carbocycles. The minimum absolute atomic E-state index is 0.436. The highest BCUT2D eigenvalue weighted by molar-refractivity contribution is 6.03. The van der Waals surface area contributed by atoms with Crippen LogP contribution in [0.4, 0.5) is 4.79 Å². The summed E-state index contributed by atoms with van der Waals surface area (Å²) in [5.41, 5.74) is 1.67. The summed E-state index contributed by atoms with van der Waals surface area (Å²) in [6.07, 6.45) is 4.46.